The minimum atomic E-state index is -0.276. The smallest absolute Gasteiger partial charge is 0.257 e. The van der Waals surface area contributed by atoms with Crippen LogP contribution in [0.1, 0.15) is 21.5 Å². The Morgan fingerprint density at radius 3 is 2.78 bits per heavy atom. The van der Waals surface area contributed by atoms with Crippen molar-refractivity contribution in [1.82, 2.24) is 4.98 Å². The summed E-state index contributed by atoms with van der Waals surface area (Å²) in [4.78, 5) is 16.1. The van der Waals surface area contributed by atoms with E-state index in [-0.39, 0.29) is 11.7 Å². The average Bonchev–Trinajstić information content (AvgIpc) is 2.32. The lowest BCUT2D eigenvalue weighted by molar-refractivity contribution is 0.102. The van der Waals surface area contributed by atoms with Gasteiger partial charge < -0.3 is 10.4 Å². The van der Waals surface area contributed by atoms with Gasteiger partial charge in [0.25, 0.3) is 5.91 Å². The first-order chi connectivity index (χ1) is 8.58. The molecule has 2 N–H and O–H groups in total. The number of hydrogen-bond donors (Lipinski definition) is 2. The predicted octanol–water partition coefficient (Wildman–Crippen LogP) is 2.66. The number of rotatable bonds is 2. The van der Waals surface area contributed by atoms with E-state index in [0.29, 0.717) is 16.9 Å². The van der Waals surface area contributed by atoms with E-state index in [1.165, 1.54) is 0 Å². The van der Waals surface area contributed by atoms with Gasteiger partial charge in [0.2, 0.25) is 0 Å². The highest BCUT2D eigenvalue weighted by atomic mass is 16.3. The van der Waals surface area contributed by atoms with Gasteiger partial charge in [0, 0.05) is 17.3 Å². The minimum Gasteiger partial charge on any atom is -0.508 e. The van der Waals surface area contributed by atoms with Crippen molar-refractivity contribution in [3.63, 3.8) is 0 Å². The zero-order chi connectivity index (χ0) is 13.1. The fourth-order valence-corrected chi connectivity index (χ4v) is 1.66. The number of carbonyl (C=O) groups excluding carboxylic acids is 1. The SMILES string of the molecule is Cc1ccnc(NC(=O)c2cccc(O)c2C)c1. The number of phenolic OH excluding ortho intramolecular Hbond substituents is 1. The monoisotopic (exact) mass is 242 g/mol. The number of anilines is 1. The number of benzene rings is 1. The average molecular weight is 242 g/mol. The number of aromatic nitrogens is 1. The molecule has 0 saturated heterocycles. The molecule has 0 spiro atoms. The van der Waals surface area contributed by atoms with Crippen LogP contribution in [0.4, 0.5) is 5.82 Å². The highest BCUT2D eigenvalue weighted by Crippen LogP contribution is 2.20. The normalized spacial score (nSPS) is 10.1. The van der Waals surface area contributed by atoms with E-state index in [9.17, 15) is 9.90 Å². The Balaban J connectivity index is 2.25. The van der Waals surface area contributed by atoms with Gasteiger partial charge in [0.1, 0.15) is 11.6 Å². The third-order valence-corrected chi connectivity index (χ3v) is 2.71. The summed E-state index contributed by atoms with van der Waals surface area (Å²) in [6.45, 7) is 3.63. The van der Waals surface area contributed by atoms with Crippen molar-refractivity contribution in [2.45, 2.75) is 13.8 Å². The van der Waals surface area contributed by atoms with Crippen LogP contribution in [0.2, 0.25) is 0 Å². The summed E-state index contributed by atoms with van der Waals surface area (Å²) in [5, 5.41) is 12.3. The van der Waals surface area contributed by atoms with E-state index in [1.54, 1.807) is 37.4 Å². The third kappa shape index (κ3) is 2.48. The molecule has 0 aliphatic rings. The topological polar surface area (TPSA) is 62.2 Å². The molecule has 0 bridgehead atoms. The number of phenols is 1. The van der Waals surface area contributed by atoms with Crippen LogP contribution in [-0.2, 0) is 0 Å². The zero-order valence-corrected chi connectivity index (χ0v) is 10.3. The van der Waals surface area contributed by atoms with Gasteiger partial charge >= 0.3 is 0 Å². The molecule has 1 aromatic carbocycles. The Labute approximate surface area is 105 Å². The minimum absolute atomic E-state index is 0.111. The summed E-state index contributed by atoms with van der Waals surface area (Å²) in [6, 6.07) is 8.50. The number of carbonyl (C=O) groups is 1. The Kier molecular flexibility index (Phi) is 3.28. The van der Waals surface area contributed by atoms with Gasteiger partial charge in [0.05, 0.1) is 0 Å². The lowest BCUT2D eigenvalue weighted by Crippen LogP contribution is -2.14. The third-order valence-electron chi connectivity index (χ3n) is 2.71. The number of nitrogens with one attached hydrogen (secondary N) is 1. The van der Waals surface area contributed by atoms with Crippen molar-refractivity contribution < 1.29 is 9.90 Å². The molecule has 0 atom stereocenters. The van der Waals surface area contributed by atoms with Gasteiger partial charge in [-0.3, -0.25) is 4.79 Å². The van der Waals surface area contributed by atoms with Crippen LogP contribution in [0.15, 0.2) is 36.5 Å². The molecule has 2 rings (SSSR count). The molecule has 2 aromatic rings. The quantitative estimate of drug-likeness (QED) is 0.851. The summed E-state index contributed by atoms with van der Waals surface area (Å²) in [6.07, 6.45) is 1.64. The van der Waals surface area contributed by atoms with E-state index in [1.807, 2.05) is 13.0 Å². The molecule has 1 aromatic heterocycles. The van der Waals surface area contributed by atoms with Gasteiger partial charge in [0.15, 0.2) is 0 Å². The Bertz CT molecular complexity index is 594. The molecule has 92 valence electrons. The van der Waals surface area contributed by atoms with Gasteiger partial charge in [-0.2, -0.15) is 0 Å². The summed E-state index contributed by atoms with van der Waals surface area (Å²) >= 11 is 0. The molecular formula is C14H14N2O2. The summed E-state index contributed by atoms with van der Waals surface area (Å²) in [5.74, 6) is 0.337. The van der Waals surface area contributed by atoms with E-state index in [2.05, 4.69) is 10.3 Å². The van der Waals surface area contributed by atoms with Crippen LogP contribution in [0, 0.1) is 13.8 Å². The second-order valence-electron chi connectivity index (χ2n) is 4.12. The molecule has 0 aliphatic heterocycles. The number of pyridine rings is 1. The lowest BCUT2D eigenvalue weighted by atomic mass is 10.1. The van der Waals surface area contributed by atoms with Crippen LogP contribution in [0.3, 0.4) is 0 Å². The van der Waals surface area contributed by atoms with Gasteiger partial charge in [-0.05, 0) is 43.7 Å². The molecule has 4 nitrogen and oxygen atoms in total. The maximum atomic E-state index is 12.0. The van der Waals surface area contributed by atoms with Gasteiger partial charge in [-0.25, -0.2) is 4.98 Å². The standard InChI is InChI=1S/C14H14N2O2/c1-9-6-7-15-13(8-9)16-14(18)11-4-3-5-12(17)10(11)2/h3-8,17H,1-2H3,(H,15,16,18). The van der Waals surface area contributed by atoms with Gasteiger partial charge in [-0.1, -0.05) is 6.07 Å². The maximum Gasteiger partial charge on any atom is 0.257 e. The van der Waals surface area contributed by atoms with Crippen molar-refractivity contribution in [2.75, 3.05) is 5.32 Å². The first-order valence-electron chi connectivity index (χ1n) is 5.60. The van der Waals surface area contributed by atoms with Crippen molar-refractivity contribution in [2.24, 2.45) is 0 Å². The molecule has 4 heteroatoms. The molecule has 0 unspecified atom stereocenters. The molecule has 1 amide bonds. The van der Waals surface area contributed by atoms with Crippen molar-refractivity contribution in [3.8, 4) is 5.75 Å². The van der Waals surface area contributed by atoms with E-state index in [4.69, 9.17) is 0 Å². The van der Waals surface area contributed by atoms with E-state index >= 15 is 0 Å². The number of aromatic hydroxyl groups is 1. The Morgan fingerprint density at radius 2 is 2.06 bits per heavy atom. The molecular weight excluding hydrogens is 228 g/mol. The molecule has 0 aliphatic carbocycles. The van der Waals surface area contributed by atoms with E-state index < -0.39 is 0 Å². The summed E-state index contributed by atoms with van der Waals surface area (Å²) < 4.78 is 0. The molecule has 0 fully saturated rings. The van der Waals surface area contributed by atoms with Crippen molar-refractivity contribution >= 4 is 11.7 Å². The van der Waals surface area contributed by atoms with Crippen LogP contribution in [0.25, 0.3) is 0 Å². The van der Waals surface area contributed by atoms with Crippen LogP contribution in [-0.4, -0.2) is 16.0 Å². The number of aryl methyl sites for hydroxylation is 1. The molecule has 0 radical (unpaired) electrons. The van der Waals surface area contributed by atoms with Crippen molar-refractivity contribution in [3.05, 3.63) is 53.2 Å². The second kappa shape index (κ2) is 4.87. The first-order valence-corrected chi connectivity index (χ1v) is 5.60. The van der Waals surface area contributed by atoms with Crippen LogP contribution in [0.5, 0.6) is 5.75 Å². The van der Waals surface area contributed by atoms with Crippen LogP contribution < -0.4 is 5.32 Å². The first kappa shape index (κ1) is 12.1. The number of nitrogens with zero attached hydrogens (tertiary/aromatic N) is 1. The zero-order valence-electron chi connectivity index (χ0n) is 10.3. The number of amides is 1. The lowest BCUT2D eigenvalue weighted by Gasteiger charge is -2.08. The molecule has 0 saturated carbocycles. The second-order valence-corrected chi connectivity index (χ2v) is 4.12. The van der Waals surface area contributed by atoms with Crippen LogP contribution >= 0.6 is 0 Å². The van der Waals surface area contributed by atoms with Crippen molar-refractivity contribution in [1.29, 1.82) is 0 Å². The summed E-state index contributed by atoms with van der Waals surface area (Å²) in [5.41, 5.74) is 2.02. The molecule has 1 heterocycles. The summed E-state index contributed by atoms with van der Waals surface area (Å²) in [7, 11) is 0. The predicted molar refractivity (Wildman–Crippen MR) is 69.8 cm³/mol. The molecule has 18 heavy (non-hydrogen) atoms. The highest BCUT2D eigenvalue weighted by Gasteiger charge is 2.11. The Hall–Kier alpha value is -2.36. The maximum absolute atomic E-state index is 12.0. The Morgan fingerprint density at radius 1 is 1.28 bits per heavy atom. The fourth-order valence-electron chi connectivity index (χ4n) is 1.66. The van der Waals surface area contributed by atoms with E-state index in [0.717, 1.165) is 5.56 Å². The van der Waals surface area contributed by atoms with Gasteiger partial charge in [-0.15, -0.1) is 0 Å². The highest BCUT2D eigenvalue weighted by molar-refractivity contribution is 6.05. The number of hydrogen-bond acceptors (Lipinski definition) is 3. The largest absolute Gasteiger partial charge is 0.508 e. The fraction of sp³-hybridized carbons (Fsp3) is 0.143.